The number of thiophene rings is 1. The lowest BCUT2D eigenvalue weighted by molar-refractivity contribution is 0.631. The van der Waals surface area contributed by atoms with Gasteiger partial charge in [-0.1, -0.05) is 97.1 Å². The Kier molecular flexibility index (Phi) is 4.73. The van der Waals surface area contributed by atoms with Crippen LogP contribution in [0, 0.1) is 5.82 Å². The van der Waals surface area contributed by atoms with Crippen molar-refractivity contribution in [2.45, 2.75) is 0 Å². The topological polar surface area (TPSA) is 4.93 Å². The number of nitrogens with zero attached hydrogens (tertiary/aromatic N) is 1. The first kappa shape index (κ1) is 22.8. The molecule has 0 saturated carbocycles. The highest BCUT2D eigenvalue weighted by atomic mass is 32.1. The quantitative estimate of drug-likeness (QED) is 0.191. The summed E-state index contributed by atoms with van der Waals surface area (Å²) in [6, 6.07) is 46.2. The van der Waals surface area contributed by atoms with Crippen molar-refractivity contribution in [2.24, 2.45) is 0 Å². The van der Waals surface area contributed by atoms with Gasteiger partial charge in [0.15, 0.2) is 0 Å². The molecular formula is C38H22FNS. The summed E-state index contributed by atoms with van der Waals surface area (Å²) in [6.45, 7) is 0. The van der Waals surface area contributed by atoms with E-state index < -0.39 is 0 Å². The van der Waals surface area contributed by atoms with Gasteiger partial charge in [0.2, 0.25) is 0 Å². The Labute approximate surface area is 239 Å². The molecule has 0 amide bonds. The second kappa shape index (κ2) is 8.50. The lowest BCUT2D eigenvalue weighted by atomic mass is 9.96. The zero-order valence-electron chi connectivity index (χ0n) is 21.9. The van der Waals surface area contributed by atoms with Gasteiger partial charge in [0.05, 0.1) is 11.0 Å². The van der Waals surface area contributed by atoms with Gasteiger partial charge in [-0.3, -0.25) is 0 Å². The Bertz CT molecular complexity index is 2500. The number of para-hydroxylation sites is 1. The van der Waals surface area contributed by atoms with Crippen molar-refractivity contribution in [2.75, 3.05) is 0 Å². The van der Waals surface area contributed by atoms with Crippen LogP contribution in [0.4, 0.5) is 4.39 Å². The van der Waals surface area contributed by atoms with Gasteiger partial charge in [-0.25, -0.2) is 4.39 Å². The summed E-state index contributed by atoms with van der Waals surface area (Å²) in [6.07, 6.45) is 0. The zero-order valence-corrected chi connectivity index (χ0v) is 22.8. The van der Waals surface area contributed by atoms with Crippen LogP contribution in [0.25, 0.3) is 80.3 Å². The van der Waals surface area contributed by atoms with E-state index in [-0.39, 0.29) is 5.82 Å². The number of aromatic nitrogens is 1. The fourth-order valence-electron chi connectivity index (χ4n) is 6.68. The molecular weight excluding hydrogens is 521 g/mol. The van der Waals surface area contributed by atoms with Crippen LogP contribution in [0.15, 0.2) is 133 Å². The molecule has 0 unspecified atom stereocenters. The summed E-state index contributed by atoms with van der Waals surface area (Å²) in [4.78, 5) is 0. The summed E-state index contributed by atoms with van der Waals surface area (Å²) in [7, 11) is 0. The lowest BCUT2D eigenvalue weighted by Gasteiger charge is -2.13. The molecule has 1 nitrogen and oxygen atoms in total. The average Bonchev–Trinajstić information content (AvgIpc) is 3.57. The van der Waals surface area contributed by atoms with E-state index in [9.17, 15) is 4.39 Å². The molecule has 2 aromatic heterocycles. The van der Waals surface area contributed by atoms with E-state index in [0.717, 1.165) is 16.8 Å². The molecule has 0 saturated heterocycles. The molecule has 0 bridgehead atoms. The third-order valence-electron chi connectivity index (χ3n) is 8.46. The smallest absolute Gasteiger partial charge is 0.131 e. The molecule has 9 aromatic rings. The summed E-state index contributed by atoms with van der Waals surface area (Å²) in [5.41, 5.74) is 4.80. The van der Waals surface area contributed by atoms with Crippen molar-refractivity contribution >= 4 is 74.9 Å². The lowest BCUT2D eigenvalue weighted by Crippen LogP contribution is -1.95. The normalized spacial score (nSPS) is 12.0. The van der Waals surface area contributed by atoms with Crippen molar-refractivity contribution in [3.05, 3.63) is 139 Å². The molecule has 0 aliphatic carbocycles. The van der Waals surface area contributed by atoms with Crippen LogP contribution in [0.2, 0.25) is 0 Å². The number of benzene rings is 7. The first-order chi connectivity index (χ1) is 20.3. The van der Waals surface area contributed by atoms with Gasteiger partial charge in [-0.15, -0.1) is 11.3 Å². The predicted octanol–water partition coefficient (Wildman–Crippen LogP) is 11.3. The van der Waals surface area contributed by atoms with Crippen LogP contribution in [-0.4, -0.2) is 4.57 Å². The minimum atomic E-state index is -0.212. The fraction of sp³-hybridized carbons (Fsp3) is 0. The Morgan fingerprint density at radius 2 is 1.17 bits per heavy atom. The van der Waals surface area contributed by atoms with E-state index in [0.29, 0.717) is 5.56 Å². The van der Waals surface area contributed by atoms with E-state index in [2.05, 4.69) is 102 Å². The molecule has 9 rings (SSSR count). The number of halogens is 1. The number of hydrogen-bond donors (Lipinski definition) is 0. The van der Waals surface area contributed by atoms with Crippen LogP contribution in [0.3, 0.4) is 0 Å². The van der Waals surface area contributed by atoms with Crippen molar-refractivity contribution in [1.82, 2.24) is 4.57 Å². The third kappa shape index (κ3) is 3.21. The van der Waals surface area contributed by atoms with Crippen LogP contribution >= 0.6 is 11.3 Å². The maximum Gasteiger partial charge on any atom is 0.131 e. The average molecular weight is 544 g/mol. The molecule has 2 heterocycles. The molecule has 3 heteroatoms. The largest absolute Gasteiger partial charge is 0.309 e. The Balaban J connectivity index is 1.40. The first-order valence-corrected chi connectivity index (χ1v) is 14.6. The molecule has 0 fully saturated rings. The van der Waals surface area contributed by atoms with Gasteiger partial charge < -0.3 is 4.57 Å². The summed E-state index contributed by atoms with van der Waals surface area (Å²) in [5, 5.41) is 10.1. The van der Waals surface area contributed by atoms with Crippen LogP contribution in [-0.2, 0) is 0 Å². The van der Waals surface area contributed by atoms with E-state index in [1.165, 1.54) is 64.1 Å². The van der Waals surface area contributed by atoms with Gasteiger partial charge in [0, 0.05) is 47.6 Å². The van der Waals surface area contributed by atoms with E-state index >= 15 is 0 Å². The SMILES string of the molecule is Fc1ccccc1-c1cccc(-n2c3ccccc3c3ccc4c5ccc6sc7ccccc7c6c5ccc4c32)c1. The molecule has 7 aromatic carbocycles. The van der Waals surface area contributed by atoms with E-state index in [1.807, 2.05) is 35.6 Å². The highest BCUT2D eigenvalue weighted by Crippen LogP contribution is 2.43. The van der Waals surface area contributed by atoms with E-state index in [4.69, 9.17) is 0 Å². The molecule has 0 atom stereocenters. The highest BCUT2D eigenvalue weighted by Gasteiger charge is 2.18. The fourth-order valence-corrected chi connectivity index (χ4v) is 7.80. The maximum absolute atomic E-state index is 14.8. The standard InChI is InChI=1S/C38H22FNS/c39-33-13-4-1-10-25(33)23-8-7-9-24(22-23)40-34-14-5-2-11-28(34)31-18-16-27-26-20-21-36-37(29(26)17-19-30(27)38(31)40)32-12-3-6-15-35(32)41-36/h1-22H. The molecule has 0 N–H and O–H groups in total. The molecule has 0 aliphatic heterocycles. The second-order valence-corrected chi connectivity index (χ2v) is 11.7. The molecule has 41 heavy (non-hydrogen) atoms. The summed E-state index contributed by atoms with van der Waals surface area (Å²) < 4.78 is 19.8. The molecule has 0 spiro atoms. The molecule has 192 valence electrons. The number of hydrogen-bond acceptors (Lipinski definition) is 1. The number of rotatable bonds is 2. The van der Waals surface area contributed by atoms with Crippen molar-refractivity contribution < 1.29 is 4.39 Å². The molecule has 0 radical (unpaired) electrons. The van der Waals surface area contributed by atoms with Crippen LogP contribution < -0.4 is 0 Å². The minimum absolute atomic E-state index is 0.212. The minimum Gasteiger partial charge on any atom is -0.309 e. The maximum atomic E-state index is 14.8. The second-order valence-electron chi connectivity index (χ2n) is 10.6. The van der Waals surface area contributed by atoms with Crippen molar-refractivity contribution in [3.63, 3.8) is 0 Å². The highest BCUT2D eigenvalue weighted by molar-refractivity contribution is 7.26. The number of fused-ring (bicyclic) bond motifs is 11. The monoisotopic (exact) mass is 543 g/mol. The van der Waals surface area contributed by atoms with Crippen LogP contribution in [0.5, 0.6) is 0 Å². The van der Waals surface area contributed by atoms with E-state index in [1.54, 1.807) is 6.07 Å². The molecule has 0 aliphatic rings. The van der Waals surface area contributed by atoms with Gasteiger partial charge in [0.25, 0.3) is 0 Å². The summed E-state index contributed by atoms with van der Waals surface area (Å²) >= 11 is 1.86. The Morgan fingerprint density at radius 3 is 2.07 bits per heavy atom. The van der Waals surface area contributed by atoms with Gasteiger partial charge in [-0.05, 0) is 58.1 Å². The summed E-state index contributed by atoms with van der Waals surface area (Å²) in [5.74, 6) is -0.212. The van der Waals surface area contributed by atoms with Crippen molar-refractivity contribution in [3.8, 4) is 16.8 Å². The van der Waals surface area contributed by atoms with Gasteiger partial charge in [-0.2, -0.15) is 0 Å². The van der Waals surface area contributed by atoms with Crippen molar-refractivity contribution in [1.29, 1.82) is 0 Å². The van der Waals surface area contributed by atoms with Crippen LogP contribution in [0.1, 0.15) is 0 Å². The Morgan fingerprint density at radius 1 is 0.488 bits per heavy atom. The predicted molar refractivity (Wildman–Crippen MR) is 174 cm³/mol. The van der Waals surface area contributed by atoms with Gasteiger partial charge >= 0.3 is 0 Å². The Hall–Kier alpha value is -4.99. The third-order valence-corrected chi connectivity index (χ3v) is 9.59. The van der Waals surface area contributed by atoms with Gasteiger partial charge in [0.1, 0.15) is 5.82 Å². The zero-order chi connectivity index (χ0) is 27.1. The first-order valence-electron chi connectivity index (χ1n) is 13.8.